The molecular weight excluding hydrogens is 428 g/mol. The van der Waals surface area contributed by atoms with Gasteiger partial charge in [0.15, 0.2) is 0 Å². The first-order chi connectivity index (χ1) is 14.9. The molecule has 1 aliphatic heterocycles. The molecule has 1 saturated heterocycles. The lowest BCUT2D eigenvalue weighted by Gasteiger charge is -2.32. The summed E-state index contributed by atoms with van der Waals surface area (Å²) >= 11 is 1.21. The van der Waals surface area contributed by atoms with E-state index in [0.29, 0.717) is 23.6 Å². The van der Waals surface area contributed by atoms with Crippen molar-refractivity contribution >= 4 is 27.3 Å². The molecule has 7 heteroatoms. The molecule has 0 unspecified atom stereocenters. The predicted octanol–water partition coefficient (Wildman–Crippen LogP) is 4.36. The second-order valence-electron chi connectivity index (χ2n) is 7.90. The summed E-state index contributed by atoms with van der Waals surface area (Å²) in [5.74, 6) is -0.486. The number of carbonyl (C=O) groups excluding carboxylic acids is 1. The summed E-state index contributed by atoms with van der Waals surface area (Å²) in [6.07, 6.45) is 1.35. The highest BCUT2D eigenvalue weighted by atomic mass is 32.2. The number of nitrogens with zero attached hydrogens (tertiary/aromatic N) is 1. The second kappa shape index (κ2) is 9.34. The number of piperidine rings is 1. The van der Waals surface area contributed by atoms with Crippen molar-refractivity contribution in [2.24, 2.45) is 5.92 Å². The molecule has 1 amide bonds. The minimum atomic E-state index is -3.55. The van der Waals surface area contributed by atoms with Gasteiger partial charge in [-0.1, -0.05) is 66.2 Å². The second-order valence-corrected chi connectivity index (χ2v) is 11.0. The molecule has 0 saturated carbocycles. The number of nitrogens with one attached hydrogen (secondary N) is 1. The van der Waals surface area contributed by atoms with Gasteiger partial charge in [0.1, 0.15) is 4.21 Å². The molecule has 0 spiro atoms. The van der Waals surface area contributed by atoms with E-state index in [-0.39, 0.29) is 24.4 Å². The SMILES string of the molecule is Cc1ccc([C@@H](NC(=O)[C@@H]2CCCN(S(=O)(=O)c3cccs3)C2)c2ccccc2)cc1. The van der Waals surface area contributed by atoms with Gasteiger partial charge in [-0.05, 0) is 42.3 Å². The van der Waals surface area contributed by atoms with Crippen LogP contribution in [0.25, 0.3) is 0 Å². The predicted molar refractivity (Wildman–Crippen MR) is 123 cm³/mol. The van der Waals surface area contributed by atoms with E-state index >= 15 is 0 Å². The van der Waals surface area contributed by atoms with E-state index in [1.807, 2.05) is 61.5 Å². The maximum absolute atomic E-state index is 13.3. The fraction of sp³-hybridized carbons (Fsp3) is 0.292. The summed E-state index contributed by atoms with van der Waals surface area (Å²) in [5.41, 5.74) is 3.16. The van der Waals surface area contributed by atoms with Gasteiger partial charge in [0, 0.05) is 13.1 Å². The zero-order chi connectivity index (χ0) is 21.8. The highest BCUT2D eigenvalue weighted by Crippen LogP contribution is 2.28. The average molecular weight is 455 g/mol. The largest absolute Gasteiger partial charge is 0.345 e. The van der Waals surface area contributed by atoms with E-state index in [0.717, 1.165) is 16.7 Å². The third kappa shape index (κ3) is 4.89. The zero-order valence-corrected chi connectivity index (χ0v) is 19.0. The monoisotopic (exact) mass is 454 g/mol. The summed E-state index contributed by atoms with van der Waals surface area (Å²) in [5, 5.41) is 4.94. The number of aryl methyl sites for hydroxylation is 1. The van der Waals surface area contributed by atoms with Gasteiger partial charge < -0.3 is 5.32 Å². The molecule has 1 aliphatic rings. The van der Waals surface area contributed by atoms with Crippen LogP contribution < -0.4 is 5.32 Å². The summed E-state index contributed by atoms with van der Waals surface area (Å²) in [7, 11) is -3.55. The molecule has 2 aromatic carbocycles. The fourth-order valence-corrected chi connectivity index (χ4v) is 6.60. The number of hydrogen-bond donors (Lipinski definition) is 1. The molecule has 31 heavy (non-hydrogen) atoms. The first-order valence-electron chi connectivity index (χ1n) is 10.4. The third-order valence-corrected chi connectivity index (χ3v) is 8.91. The molecule has 0 aliphatic carbocycles. The van der Waals surface area contributed by atoms with Gasteiger partial charge in [-0.25, -0.2) is 8.42 Å². The Labute approximate surface area is 187 Å². The molecule has 2 atom stereocenters. The molecule has 3 aromatic rings. The number of carbonyl (C=O) groups is 1. The van der Waals surface area contributed by atoms with Crippen molar-refractivity contribution in [3.05, 3.63) is 88.8 Å². The van der Waals surface area contributed by atoms with E-state index in [1.54, 1.807) is 17.5 Å². The van der Waals surface area contributed by atoms with E-state index < -0.39 is 10.0 Å². The first kappa shape index (κ1) is 21.7. The summed E-state index contributed by atoms with van der Waals surface area (Å²) in [4.78, 5) is 13.3. The smallest absolute Gasteiger partial charge is 0.252 e. The van der Waals surface area contributed by atoms with Gasteiger partial charge in [0.2, 0.25) is 5.91 Å². The lowest BCUT2D eigenvalue weighted by molar-refractivity contribution is -0.126. The van der Waals surface area contributed by atoms with Gasteiger partial charge in [-0.3, -0.25) is 4.79 Å². The van der Waals surface area contributed by atoms with Crippen LogP contribution in [0.3, 0.4) is 0 Å². The third-order valence-electron chi connectivity index (χ3n) is 5.67. The molecule has 1 N–H and O–H groups in total. The molecule has 0 radical (unpaired) electrons. The Kier molecular flexibility index (Phi) is 6.55. The Hall–Kier alpha value is -2.48. The lowest BCUT2D eigenvalue weighted by atomic mass is 9.94. The highest BCUT2D eigenvalue weighted by Gasteiger charge is 2.34. The lowest BCUT2D eigenvalue weighted by Crippen LogP contribution is -2.46. The molecule has 4 rings (SSSR count). The number of thiophene rings is 1. The Morgan fingerprint density at radius 3 is 2.42 bits per heavy atom. The van der Waals surface area contributed by atoms with E-state index in [1.165, 1.54) is 15.6 Å². The van der Waals surface area contributed by atoms with Crippen LogP contribution in [0.5, 0.6) is 0 Å². The van der Waals surface area contributed by atoms with Crippen LogP contribution in [0.2, 0.25) is 0 Å². The topological polar surface area (TPSA) is 66.5 Å². The van der Waals surface area contributed by atoms with Crippen LogP contribution in [-0.2, 0) is 14.8 Å². The minimum absolute atomic E-state index is 0.111. The van der Waals surface area contributed by atoms with Crippen LogP contribution in [0.1, 0.15) is 35.6 Å². The number of amides is 1. The van der Waals surface area contributed by atoms with Crippen LogP contribution >= 0.6 is 11.3 Å². The molecule has 5 nitrogen and oxygen atoms in total. The van der Waals surface area contributed by atoms with Crippen molar-refractivity contribution < 1.29 is 13.2 Å². The van der Waals surface area contributed by atoms with Gasteiger partial charge in [-0.2, -0.15) is 4.31 Å². The van der Waals surface area contributed by atoms with Gasteiger partial charge >= 0.3 is 0 Å². The number of rotatable bonds is 6. The quantitative estimate of drug-likeness (QED) is 0.602. The van der Waals surface area contributed by atoms with E-state index in [4.69, 9.17) is 0 Å². The van der Waals surface area contributed by atoms with E-state index in [2.05, 4.69) is 5.32 Å². The van der Waals surface area contributed by atoms with Crippen molar-refractivity contribution in [3.63, 3.8) is 0 Å². The molecule has 1 fully saturated rings. The van der Waals surface area contributed by atoms with Crippen molar-refractivity contribution in [3.8, 4) is 0 Å². The van der Waals surface area contributed by atoms with Crippen molar-refractivity contribution in [2.75, 3.05) is 13.1 Å². The van der Waals surface area contributed by atoms with Crippen LogP contribution in [0, 0.1) is 12.8 Å². The number of hydrogen-bond acceptors (Lipinski definition) is 4. The molecular formula is C24H26N2O3S2. The number of sulfonamides is 1. The van der Waals surface area contributed by atoms with Crippen molar-refractivity contribution in [2.45, 2.75) is 30.0 Å². The standard InChI is InChI=1S/C24H26N2O3S2/c1-18-11-13-20(14-12-18)23(19-7-3-2-4-8-19)25-24(27)21-9-5-15-26(17-21)31(28,29)22-10-6-16-30-22/h2-4,6-8,10-14,16,21,23H,5,9,15,17H2,1H3,(H,25,27)/t21-,23+/m1/s1. The van der Waals surface area contributed by atoms with Crippen LogP contribution in [-0.4, -0.2) is 31.7 Å². The summed E-state index contributed by atoms with van der Waals surface area (Å²) < 4.78 is 27.6. The Balaban J connectivity index is 1.54. The maximum Gasteiger partial charge on any atom is 0.252 e. The zero-order valence-electron chi connectivity index (χ0n) is 17.4. The molecule has 1 aromatic heterocycles. The summed E-state index contributed by atoms with van der Waals surface area (Å²) in [6.45, 7) is 2.69. The minimum Gasteiger partial charge on any atom is -0.345 e. The Morgan fingerprint density at radius 2 is 1.74 bits per heavy atom. The number of benzene rings is 2. The molecule has 0 bridgehead atoms. The van der Waals surface area contributed by atoms with Crippen LogP contribution in [0.15, 0.2) is 76.3 Å². The van der Waals surface area contributed by atoms with Crippen molar-refractivity contribution in [1.82, 2.24) is 9.62 Å². The highest BCUT2D eigenvalue weighted by molar-refractivity contribution is 7.91. The fourth-order valence-electron chi connectivity index (χ4n) is 3.94. The van der Waals surface area contributed by atoms with Crippen molar-refractivity contribution in [1.29, 1.82) is 0 Å². The summed E-state index contributed by atoms with van der Waals surface area (Å²) in [6, 6.07) is 21.1. The Bertz CT molecular complexity index is 1110. The van der Waals surface area contributed by atoms with Gasteiger partial charge in [0.05, 0.1) is 12.0 Å². The molecule has 162 valence electrons. The maximum atomic E-state index is 13.3. The average Bonchev–Trinajstić information content (AvgIpc) is 3.35. The normalized spacial score (nSPS) is 18.4. The molecule has 2 heterocycles. The van der Waals surface area contributed by atoms with Gasteiger partial charge in [0.25, 0.3) is 10.0 Å². The van der Waals surface area contributed by atoms with E-state index in [9.17, 15) is 13.2 Å². The Morgan fingerprint density at radius 1 is 1.03 bits per heavy atom. The van der Waals surface area contributed by atoms with Gasteiger partial charge in [-0.15, -0.1) is 11.3 Å². The first-order valence-corrected chi connectivity index (χ1v) is 12.7. The van der Waals surface area contributed by atoms with Crippen LogP contribution in [0.4, 0.5) is 0 Å².